The Labute approximate surface area is 117 Å². The zero-order valence-corrected chi connectivity index (χ0v) is 11.5. The molecule has 0 aliphatic rings. The largest absolute Gasteiger partial charge is 0.424 e. The molecule has 7 heteroatoms. The van der Waals surface area contributed by atoms with Crippen molar-refractivity contribution >= 4 is 5.91 Å². The van der Waals surface area contributed by atoms with E-state index in [4.69, 9.17) is 4.42 Å². The molecule has 106 valence electrons. The Balaban J connectivity index is 1.73. The first kappa shape index (κ1) is 14.1. The quantitative estimate of drug-likeness (QED) is 0.827. The number of amides is 1. The predicted molar refractivity (Wildman–Crippen MR) is 71.5 cm³/mol. The van der Waals surface area contributed by atoms with E-state index in [1.54, 1.807) is 19.3 Å². The number of likely N-dealkylation sites (N-methyl/N-ethyl adjacent to an activating group) is 1. The standard InChI is InChI=1S/C13H17N5O2/c1-10-16-17-13(20-10)7-15-12(19)9-18(2)8-11-4-3-5-14-6-11/h3-6H,7-9H2,1-2H3,(H,15,19). The van der Waals surface area contributed by atoms with Crippen LogP contribution in [0.4, 0.5) is 0 Å². The molecule has 0 radical (unpaired) electrons. The van der Waals surface area contributed by atoms with Crippen LogP contribution >= 0.6 is 0 Å². The van der Waals surface area contributed by atoms with Gasteiger partial charge in [0.1, 0.15) is 0 Å². The monoisotopic (exact) mass is 275 g/mol. The SMILES string of the molecule is Cc1nnc(CNC(=O)CN(C)Cc2cccnc2)o1. The maximum atomic E-state index is 11.8. The summed E-state index contributed by atoms with van der Waals surface area (Å²) in [5, 5.41) is 10.2. The van der Waals surface area contributed by atoms with Gasteiger partial charge in [0, 0.05) is 25.9 Å². The van der Waals surface area contributed by atoms with E-state index >= 15 is 0 Å². The smallest absolute Gasteiger partial charge is 0.235 e. The minimum atomic E-state index is -0.0905. The first-order valence-corrected chi connectivity index (χ1v) is 6.26. The van der Waals surface area contributed by atoms with E-state index in [2.05, 4.69) is 20.5 Å². The second kappa shape index (κ2) is 6.76. The number of hydrogen-bond donors (Lipinski definition) is 1. The molecule has 1 amide bonds. The number of pyridine rings is 1. The number of carbonyl (C=O) groups excluding carboxylic acids is 1. The van der Waals surface area contributed by atoms with Crippen LogP contribution in [-0.2, 0) is 17.9 Å². The lowest BCUT2D eigenvalue weighted by Crippen LogP contribution is -2.34. The van der Waals surface area contributed by atoms with E-state index < -0.39 is 0 Å². The maximum Gasteiger partial charge on any atom is 0.235 e. The number of hydrogen-bond acceptors (Lipinski definition) is 6. The second-order valence-electron chi connectivity index (χ2n) is 4.53. The van der Waals surface area contributed by atoms with Crippen molar-refractivity contribution in [3.8, 4) is 0 Å². The van der Waals surface area contributed by atoms with Gasteiger partial charge in [-0.2, -0.15) is 0 Å². The molecular formula is C13H17N5O2. The van der Waals surface area contributed by atoms with Gasteiger partial charge in [0.05, 0.1) is 13.1 Å². The number of aryl methyl sites for hydroxylation is 1. The minimum Gasteiger partial charge on any atom is -0.424 e. The third-order valence-electron chi connectivity index (χ3n) is 2.59. The highest BCUT2D eigenvalue weighted by atomic mass is 16.4. The summed E-state index contributed by atoms with van der Waals surface area (Å²) >= 11 is 0. The second-order valence-corrected chi connectivity index (χ2v) is 4.53. The van der Waals surface area contributed by atoms with Crippen molar-refractivity contribution in [1.82, 2.24) is 25.4 Å². The first-order chi connectivity index (χ1) is 9.63. The van der Waals surface area contributed by atoms with Gasteiger partial charge in [0.2, 0.25) is 17.7 Å². The molecule has 0 saturated heterocycles. The molecule has 7 nitrogen and oxygen atoms in total. The molecule has 20 heavy (non-hydrogen) atoms. The molecular weight excluding hydrogens is 258 g/mol. The van der Waals surface area contributed by atoms with Crippen LogP contribution < -0.4 is 5.32 Å². The topological polar surface area (TPSA) is 84.2 Å². The van der Waals surface area contributed by atoms with Crippen molar-refractivity contribution in [2.75, 3.05) is 13.6 Å². The lowest BCUT2D eigenvalue weighted by Gasteiger charge is -2.15. The molecule has 0 saturated carbocycles. The predicted octanol–water partition coefficient (Wildman–Crippen LogP) is 0.521. The molecule has 0 aliphatic carbocycles. The van der Waals surface area contributed by atoms with Crippen LogP contribution in [0.2, 0.25) is 0 Å². The molecule has 0 fully saturated rings. The molecule has 1 N–H and O–H groups in total. The highest BCUT2D eigenvalue weighted by Gasteiger charge is 2.09. The molecule has 2 rings (SSSR count). The summed E-state index contributed by atoms with van der Waals surface area (Å²) in [4.78, 5) is 17.7. The lowest BCUT2D eigenvalue weighted by molar-refractivity contribution is -0.122. The summed E-state index contributed by atoms with van der Waals surface area (Å²) in [6, 6.07) is 3.85. The van der Waals surface area contributed by atoms with Crippen LogP contribution in [0.3, 0.4) is 0 Å². The van der Waals surface area contributed by atoms with Crippen LogP contribution in [0.25, 0.3) is 0 Å². The number of nitrogens with one attached hydrogen (secondary N) is 1. The summed E-state index contributed by atoms with van der Waals surface area (Å²) in [7, 11) is 1.88. The number of rotatable bonds is 6. The Morgan fingerprint density at radius 3 is 2.95 bits per heavy atom. The average Bonchev–Trinajstić information content (AvgIpc) is 2.83. The van der Waals surface area contributed by atoms with Crippen LogP contribution in [-0.4, -0.2) is 39.6 Å². The fraction of sp³-hybridized carbons (Fsp3) is 0.385. The molecule has 2 aromatic rings. The molecule has 2 heterocycles. The molecule has 0 bridgehead atoms. The molecule has 2 aromatic heterocycles. The Morgan fingerprint density at radius 2 is 2.30 bits per heavy atom. The van der Waals surface area contributed by atoms with Crippen molar-refractivity contribution in [1.29, 1.82) is 0 Å². The Bertz CT molecular complexity index is 555. The van der Waals surface area contributed by atoms with Crippen LogP contribution in [0.1, 0.15) is 17.3 Å². The fourth-order valence-corrected chi connectivity index (χ4v) is 1.74. The van der Waals surface area contributed by atoms with E-state index in [-0.39, 0.29) is 12.5 Å². The lowest BCUT2D eigenvalue weighted by atomic mass is 10.3. The van der Waals surface area contributed by atoms with Gasteiger partial charge in [0.15, 0.2) is 0 Å². The van der Waals surface area contributed by atoms with Gasteiger partial charge in [-0.15, -0.1) is 10.2 Å². The summed E-state index contributed by atoms with van der Waals surface area (Å²) in [5.74, 6) is 0.806. The normalized spacial score (nSPS) is 10.8. The highest BCUT2D eigenvalue weighted by molar-refractivity contribution is 5.77. The molecule has 0 aromatic carbocycles. The highest BCUT2D eigenvalue weighted by Crippen LogP contribution is 2.00. The van der Waals surface area contributed by atoms with Gasteiger partial charge in [-0.1, -0.05) is 6.07 Å². The van der Waals surface area contributed by atoms with Crippen LogP contribution in [0.15, 0.2) is 28.9 Å². The molecule has 0 aliphatic heterocycles. The third kappa shape index (κ3) is 4.43. The minimum absolute atomic E-state index is 0.0905. The average molecular weight is 275 g/mol. The van der Waals surface area contributed by atoms with Gasteiger partial charge in [-0.25, -0.2) is 0 Å². The van der Waals surface area contributed by atoms with Gasteiger partial charge in [0.25, 0.3) is 0 Å². The fourth-order valence-electron chi connectivity index (χ4n) is 1.74. The summed E-state index contributed by atoms with van der Waals surface area (Å²) in [6.45, 7) is 2.92. The van der Waals surface area contributed by atoms with E-state index in [1.807, 2.05) is 24.1 Å². The van der Waals surface area contributed by atoms with Crippen molar-refractivity contribution in [3.63, 3.8) is 0 Å². The van der Waals surface area contributed by atoms with Crippen molar-refractivity contribution in [3.05, 3.63) is 41.9 Å². The van der Waals surface area contributed by atoms with Gasteiger partial charge < -0.3 is 9.73 Å². The van der Waals surface area contributed by atoms with Crippen molar-refractivity contribution in [2.45, 2.75) is 20.0 Å². The Hall–Kier alpha value is -2.28. The van der Waals surface area contributed by atoms with E-state index in [0.717, 1.165) is 5.56 Å². The molecule has 0 unspecified atom stereocenters. The number of nitrogens with zero attached hydrogens (tertiary/aromatic N) is 4. The van der Waals surface area contributed by atoms with Crippen LogP contribution in [0.5, 0.6) is 0 Å². The van der Waals surface area contributed by atoms with Gasteiger partial charge >= 0.3 is 0 Å². The van der Waals surface area contributed by atoms with Gasteiger partial charge in [-0.05, 0) is 18.7 Å². The zero-order chi connectivity index (χ0) is 14.4. The zero-order valence-electron chi connectivity index (χ0n) is 11.5. The Morgan fingerprint density at radius 1 is 1.45 bits per heavy atom. The van der Waals surface area contributed by atoms with E-state index in [0.29, 0.717) is 24.9 Å². The first-order valence-electron chi connectivity index (χ1n) is 6.26. The maximum absolute atomic E-state index is 11.8. The summed E-state index contributed by atoms with van der Waals surface area (Å²) in [6.07, 6.45) is 3.51. The number of carbonyl (C=O) groups is 1. The summed E-state index contributed by atoms with van der Waals surface area (Å²) < 4.78 is 5.18. The van der Waals surface area contributed by atoms with Crippen molar-refractivity contribution < 1.29 is 9.21 Å². The number of aromatic nitrogens is 3. The van der Waals surface area contributed by atoms with Gasteiger partial charge in [-0.3, -0.25) is 14.7 Å². The summed E-state index contributed by atoms with van der Waals surface area (Å²) in [5.41, 5.74) is 1.07. The van der Waals surface area contributed by atoms with E-state index in [9.17, 15) is 4.79 Å². The van der Waals surface area contributed by atoms with Crippen LogP contribution in [0, 0.1) is 6.92 Å². The molecule has 0 spiro atoms. The Kier molecular flexibility index (Phi) is 4.78. The molecule has 0 atom stereocenters. The van der Waals surface area contributed by atoms with Crippen molar-refractivity contribution in [2.24, 2.45) is 0 Å². The van der Waals surface area contributed by atoms with E-state index in [1.165, 1.54) is 0 Å². The third-order valence-corrected chi connectivity index (χ3v) is 2.59.